The number of halogens is 1. The fourth-order valence-corrected chi connectivity index (χ4v) is 4.26. The molecule has 6 nitrogen and oxygen atoms in total. The maximum Gasteiger partial charge on any atom is 0.354 e. The van der Waals surface area contributed by atoms with E-state index in [4.69, 9.17) is 4.74 Å². The Hall–Kier alpha value is -3.22. The van der Waals surface area contributed by atoms with Gasteiger partial charge in [-0.1, -0.05) is 38.1 Å². The van der Waals surface area contributed by atoms with Crippen LogP contribution >= 0.6 is 0 Å². The van der Waals surface area contributed by atoms with E-state index in [-0.39, 0.29) is 37.2 Å². The van der Waals surface area contributed by atoms with Crippen molar-refractivity contribution in [2.24, 2.45) is 5.92 Å². The molecule has 0 aromatic heterocycles. The Kier molecular flexibility index (Phi) is 5.05. The van der Waals surface area contributed by atoms with Crippen LogP contribution in [-0.2, 0) is 20.9 Å². The maximum absolute atomic E-state index is 13.5. The molecule has 0 saturated carbocycles. The van der Waals surface area contributed by atoms with E-state index in [2.05, 4.69) is 0 Å². The number of hydrogen-bond donors (Lipinski definition) is 0. The second-order valence-corrected chi connectivity index (χ2v) is 8.08. The fraction of sp³-hybridized carbons (Fsp3) is 0.348. The maximum atomic E-state index is 13.5. The number of amides is 2. The molecule has 1 saturated heterocycles. The van der Waals surface area contributed by atoms with Gasteiger partial charge in [0.2, 0.25) is 11.6 Å². The molecule has 2 aliphatic rings. The smallest absolute Gasteiger partial charge is 0.354 e. The van der Waals surface area contributed by atoms with Crippen molar-refractivity contribution in [2.45, 2.75) is 39.0 Å². The molecule has 1 unspecified atom stereocenters. The van der Waals surface area contributed by atoms with Crippen LogP contribution in [0.25, 0.3) is 0 Å². The molecule has 2 amide bonds. The number of esters is 1. The van der Waals surface area contributed by atoms with Crippen molar-refractivity contribution in [3.05, 3.63) is 65.5 Å². The number of para-hydroxylation sites is 1. The molecule has 2 heterocycles. The number of hydrogen-bond acceptors (Lipinski definition) is 4. The SMILES string of the molecule is CC(C)CN1C(=O)c2ccccc2N2C(=O)CCC12C(=O)OCc1cccc(F)c1. The van der Waals surface area contributed by atoms with Gasteiger partial charge in [0, 0.05) is 19.4 Å². The number of benzene rings is 2. The van der Waals surface area contributed by atoms with Crippen molar-refractivity contribution in [3.8, 4) is 0 Å². The van der Waals surface area contributed by atoms with Crippen molar-refractivity contribution in [2.75, 3.05) is 11.4 Å². The van der Waals surface area contributed by atoms with E-state index in [1.54, 1.807) is 30.3 Å². The van der Waals surface area contributed by atoms with E-state index in [0.29, 0.717) is 23.4 Å². The molecular formula is C23H23FN2O4. The molecule has 2 aliphatic heterocycles. The summed E-state index contributed by atoms with van der Waals surface area (Å²) in [6.07, 6.45) is 0.284. The number of carbonyl (C=O) groups is 3. The molecule has 1 atom stereocenters. The molecule has 30 heavy (non-hydrogen) atoms. The minimum atomic E-state index is -1.53. The first-order valence-corrected chi connectivity index (χ1v) is 10.0. The van der Waals surface area contributed by atoms with E-state index >= 15 is 0 Å². The number of rotatable bonds is 5. The van der Waals surface area contributed by atoms with Crippen LogP contribution in [0.2, 0.25) is 0 Å². The second kappa shape index (κ2) is 7.55. The third-order valence-electron chi connectivity index (χ3n) is 5.51. The zero-order valence-corrected chi connectivity index (χ0v) is 16.9. The highest BCUT2D eigenvalue weighted by molar-refractivity contribution is 6.15. The van der Waals surface area contributed by atoms with E-state index < -0.39 is 17.4 Å². The quantitative estimate of drug-likeness (QED) is 0.708. The normalized spacial score (nSPS) is 20.4. The van der Waals surface area contributed by atoms with Crippen molar-refractivity contribution in [1.82, 2.24) is 4.90 Å². The second-order valence-electron chi connectivity index (χ2n) is 8.08. The van der Waals surface area contributed by atoms with Crippen LogP contribution in [0.5, 0.6) is 0 Å². The van der Waals surface area contributed by atoms with Gasteiger partial charge in [0.05, 0.1) is 11.3 Å². The number of fused-ring (bicyclic) bond motifs is 3. The Morgan fingerprint density at radius 2 is 1.93 bits per heavy atom. The molecular weight excluding hydrogens is 387 g/mol. The summed E-state index contributed by atoms with van der Waals surface area (Å²) in [5.41, 5.74) is -0.219. The fourth-order valence-electron chi connectivity index (χ4n) is 4.26. The van der Waals surface area contributed by atoms with E-state index in [0.717, 1.165) is 0 Å². The van der Waals surface area contributed by atoms with Gasteiger partial charge < -0.3 is 9.64 Å². The average molecular weight is 410 g/mol. The summed E-state index contributed by atoms with van der Waals surface area (Å²) in [6.45, 7) is 4.04. The molecule has 2 aromatic carbocycles. The standard InChI is InChI=1S/C23H23FN2O4/c1-15(2)13-25-21(28)18-8-3-4-9-19(18)26-20(27)10-11-23(25,26)22(29)30-14-16-6-5-7-17(24)12-16/h3-9,12,15H,10-11,13-14H2,1-2H3. The first kappa shape index (κ1) is 20.1. The highest BCUT2D eigenvalue weighted by atomic mass is 19.1. The van der Waals surface area contributed by atoms with E-state index in [9.17, 15) is 18.8 Å². The highest BCUT2D eigenvalue weighted by Gasteiger charge is 2.61. The Bertz CT molecular complexity index is 1020. The number of ether oxygens (including phenoxy) is 1. The van der Waals surface area contributed by atoms with Crippen LogP contribution in [0, 0.1) is 11.7 Å². The van der Waals surface area contributed by atoms with Crippen LogP contribution in [0.1, 0.15) is 42.6 Å². The molecule has 156 valence electrons. The summed E-state index contributed by atoms with van der Waals surface area (Å²) < 4.78 is 19.0. The summed E-state index contributed by atoms with van der Waals surface area (Å²) in [7, 11) is 0. The lowest BCUT2D eigenvalue weighted by Gasteiger charge is -2.48. The molecule has 2 aromatic rings. The van der Waals surface area contributed by atoms with E-state index in [1.807, 2.05) is 13.8 Å². The lowest BCUT2D eigenvalue weighted by Crippen LogP contribution is -2.69. The average Bonchev–Trinajstić information content (AvgIpc) is 3.07. The van der Waals surface area contributed by atoms with Gasteiger partial charge in [-0.25, -0.2) is 9.18 Å². The Balaban J connectivity index is 1.75. The molecule has 0 N–H and O–H groups in total. The predicted octanol–water partition coefficient (Wildman–Crippen LogP) is 3.50. The van der Waals surface area contributed by atoms with Gasteiger partial charge in [-0.2, -0.15) is 0 Å². The monoisotopic (exact) mass is 410 g/mol. The van der Waals surface area contributed by atoms with Crippen molar-refractivity contribution in [1.29, 1.82) is 0 Å². The Morgan fingerprint density at radius 1 is 1.17 bits per heavy atom. The third kappa shape index (κ3) is 3.14. The van der Waals surface area contributed by atoms with Crippen LogP contribution in [0.15, 0.2) is 48.5 Å². The predicted molar refractivity (Wildman–Crippen MR) is 108 cm³/mol. The van der Waals surface area contributed by atoms with Gasteiger partial charge in [0.15, 0.2) is 0 Å². The number of anilines is 1. The minimum absolute atomic E-state index is 0.0738. The van der Waals surface area contributed by atoms with Crippen LogP contribution < -0.4 is 4.90 Å². The van der Waals surface area contributed by atoms with Gasteiger partial charge in [-0.05, 0) is 35.7 Å². The minimum Gasteiger partial charge on any atom is -0.458 e. The van der Waals surface area contributed by atoms with Gasteiger partial charge in [0.25, 0.3) is 5.91 Å². The topological polar surface area (TPSA) is 66.9 Å². The number of nitrogens with zero attached hydrogens (tertiary/aromatic N) is 2. The molecule has 4 rings (SSSR count). The molecule has 0 aliphatic carbocycles. The Labute approximate surface area is 174 Å². The zero-order valence-electron chi connectivity index (χ0n) is 16.9. The molecule has 0 bridgehead atoms. The molecule has 0 radical (unpaired) electrons. The summed E-state index contributed by atoms with van der Waals surface area (Å²) in [5, 5.41) is 0. The van der Waals surface area contributed by atoms with Crippen molar-refractivity contribution in [3.63, 3.8) is 0 Å². The Morgan fingerprint density at radius 3 is 2.67 bits per heavy atom. The van der Waals surface area contributed by atoms with Gasteiger partial charge in [-0.15, -0.1) is 0 Å². The molecule has 0 spiro atoms. The first-order valence-electron chi connectivity index (χ1n) is 10.0. The van der Waals surface area contributed by atoms with Crippen LogP contribution in [-0.4, -0.2) is 34.9 Å². The lowest BCUT2D eigenvalue weighted by atomic mass is 9.95. The zero-order chi connectivity index (χ0) is 21.5. The third-order valence-corrected chi connectivity index (χ3v) is 5.51. The van der Waals surface area contributed by atoms with Crippen LogP contribution in [0.3, 0.4) is 0 Å². The van der Waals surface area contributed by atoms with Gasteiger partial charge in [0.1, 0.15) is 12.4 Å². The van der Waals surface area contributed by atoms with Crippen molar-refractivity contribution >= 4 is 23.5 Å². The van der Waals surface area contributed by atoms with E-state index in [1.165, 1.54) is 28.0 Å². The largest absolute Gasteiger partial charge is 0.458 e. The lowest BCUT2D eigenvalue weighted by molar-refractivity contribution is -0.159. The molecule has 7 heteroatoms. The highest BCUT2D eigenvalue weighted by Crippen LogP contribution is 2.45. The summed E-state index contributed by atoms with van der Waals surface area (Å²) in [5.74, 6) is -1.56. The summed E-state index contributed by atoms with van der Waals surface area (Å²) in [4.78, 5) is 42.6. The summed E-state index contributed by atoms with van der Waals surface area (Å²) >= 11 is 0. The van der Waals surface area contributed by atoms with Crippen molar-refractivity contribution < 1.29 is 23.5 Å². The summed E-state index contributed by atoms with van der Waals surface area (Å²) in [6, 6.07) is 12.6. The van der Waals surface area contributed by atoms with Crippen LogP contribution in [0.4, 0.5) is 10.1 Å². The van der Waals surface area contributed by atoms with Gasteiger partial charge in [-0.3, -0.25) is 14.5 Å². The number of carbonyl (C=O) groups excluding carboxylic acids is 3. The molecule has 1 fully saturated rings. The van der Waals surface area contributed by atoms with Gasteiger partial charge >= 0.3 is 5.97 Å². The first-order chi connectivity index (χ1) is 14.3.